The van der Waals surface area contributed by atoms with Crippen molar-refractivity contribution in [3.63, 3.8) is 0 Å². The van der Waals surface area contributed by atoms with Crippen molar-refractivity contribution in [3.8, 4) is 0 Å². The van der Waals surface area contributed by atoms with Gasteiger partial charge in [-0.25, -0.2) is 9.98 Å². The number of ether oxygens (including phenoxy) is 2. The quantitative estimate of drug-likeness (QED) is 0.112. The van der Waals surface area contributed by atoms with Crippen LogP contribution in [-0.4, -0.2) is 45.2 Å². The number of rotatable bonds is 11. The molecule has 0 spiro atoms. The van der Waals surface area contributed by atoms with Crippen LogP contribution in [0.5, 0.6) is 0 Å². The van der Waals surface area contributed by atoms with Gasteiger partial charge in [0, 0.05) is 11.3 Å². The molecule has 2 saturated carbocycles. The normalized spacial score (nSPS) is 21.0. The van der Waals surface area contributed by atoms with E-state index in [0.29, 0.717) is 25.0 Å². The molecular weight excluding hydrogens is 794 g/mol. The van der Waals surface area contributed by atoms with Gasteiger partial charge >= 0.3 is 17.1 Å². The van der Waals surface area contributed by atoms with Gasteiger partial charge in [-0.1, -0.05) is 169 Å². The molecule has 4 aromatic carbocycles. The average molecular weight is 849 g/mol. The maximum atomic E-state index is 6.25. The summed E-state index contributed by atoms with van der Waals surface area (Å²) in [7, 11) is -2.89. The molecule has 292 valence electrons. The Kier molecular flexibility index (Phi) is 15.5. The molecule has 2 aliphatic carbocycles. The monoisotopic (exact) mass is 848 g/mol. The van der Waals surface area contributed by atoms with Crippen molar-refractivity contribution in [3.05, 3.63) is 182 Å². The largest absolute Gasteiger partial charge is 2.00 e. The molecule has 8 heteroatoms. The Labute approximate surface area is 358 Å². The van der Waals surface area contributed by atoms with Gasteiger partial charge in [-0.05, 0) is 86.5 Å². The third-order valence-electron chi connectivity index (χ3n) is 10.4. The molecule has 0 saturated heterocycles. The maximum Gasteiger partial charge on any atom is 2.00 e. The van der Waals surface area contributed by atoms with Gasteiger partial charge in [0.15, 0.2) is 11.8 Å². The SMILES string of the molecule is CC(C)[C@H]1COC([C]2[CH][CH][CH][C]2P(c2ccccc2)c2ccccc2)=N1.CC(C)[C@H]1COC([C]2[C](P(c3ccccc3)c3ccccc3)[CH][CH][C]2[Si](C)(C)C)=N1.[Fe+2]. The summed E-state index contributed by atoms with van der Waals surface area (Å²) >= 11 is 0. The molecule has 0 amide bonds. The number of nitrogens with zero attached hydrogens (tertiary/aromatic N) is 2. The Balaban J connectivity index is 0.000000191. The van der Waals surface area contributed by atoms with Gasteiger partial charge in [0.05, 0.1) is 32.0 Å². The summed E-state index contributed by atoms with van der Waals surface area (Å²) < 4.78 is 12.2. The second-order valence-electron chi connectivity index (χ2n) is 16.2. The van der Waals surface area contributed by atoms with Crippen LogP contribution >= 0.6 is 15.8 Å². The van der Waals surface area contributed by atoms with Gasteiger partial charge in [-0.15, -0.1) is 0 Å². The molecule has 4 aliphatic rings. The molecule has 57 heavy (non-hydrogen) atoms. The summed E-state index contributed by atoms with van der Waals surface area (Å²) in [5, 5.41) is 5.43. The zero-order chi connectivity index (χ0) is 39.2. The molecule has 0 aromatic heterocycles. The van der Waals surface area contributed by atoms with Crippen LogP contribution in [0.4, 0.5) is 0 Å². The fourth-order valence-electron chi connectivity index (χ4n) is 7.20. The van der Waals surface area contributed by atoms with Crippen LogP contribution in [-0.2, 0) is 26.5 Å². The fourth-order valence-corrected chi connectivity index (χ4v) is 13.8. The minimum atomic E-state index is -1.57. The topological polar surface area (TPSA) is 43.2 Å². The van der Waals surface area contributed by atoms with Crippen LogP contribution in [0, 0.1) is 72.6 Å². The van der Waals surface area contributed by atoms with Crippen molar-refractivity contribution in [1.29, 1.82) is 0 Å². The summed E-state index contributed by atoms with van der Waals surface area (Å²) in [5.74, 6) is 5.08. The van der Waals surface area contributed by atoms with Crippen molar-refractivity contribution in [2.75, 3.05) is 13.2 Å². The summed E-state index contributed by atoms with van der Waals surface area (Å²) in [4.78, 5) is 9.93. The Bertz CT molecular complexity index is 1810. The third kappa shape index (κ3) is 10.4. The van der Waals surface area contributed by atoms with Crippen molar-refractivity contribution >= 4 is 56.9 Å². The number of hydrogen-bond acceptors (Lipinski definition) is 4. The number of hydrogen-bond donors (Lipinski definition) is 0. The molecule has 0 N–H and O–H groups in total. The van der Waals surface area contributed by atoms with E-state index in [1.54, 1.807) is 0 Å². The molecule has 2 heterocycles. The van der Waals surface area contributed by atoms with E-state index in [0.717, 1.165) is 17.7 Å². The molecule has 4 aromatic rings. The summed E-state index contributed by atoms with van der Waals surface area (Å²) in [6.07, 6.45) is 11.2. The second-order valence-corrected chi connectivity index (χ2v) is 25.6. The van der Waals surface area contributed by atoms with E-state index in [1.165, 1.54) is 44.0 Å². The van der Waals surface area contributed by atoms with E-state index >= 15 is 0 Å². The van der Waals surface area contributed by atoms with Crippen LogP contribution in [0.3, 0.4) is 0 Å². The first-order valence-corrected chi connectivity index (χ1v) is 26.1. The zero-order valence-electron chi connectivity index (χ0n) is 34.1. The van der Waals surface area contributed by atoms with E-state index in [9.17, 15) is 0 Å². The van der Waals surface area contributed by atoms with Crippen LogP contribution in [0.1, 0.15) is 27.7 Å². The minimum Gasteiger partial charge on any atom is -0.478 e. The van der Waals surface area contributed by atoms with E-state index in [1.807, 2.05) is 0 Å². The first-order valence-electron chi connectivity index (χ1n) is 19.9. The van der Waals surface area contributed by atoms with E-state index in [2.05, 4.69) is 201 Å². The molecule has 2 aliphatic heterocycles. The zero-order valence-corrected chi connectivity index (χ0v) is 38.0. The van der Waals surface area contributed by atoms with E-state index in [4.69, 9.17) is 19.5 Å². The molecule has 4 nitrogen and oxygen atoms in total. The van der Waals surface area contributed by atoms with Gasteiger partial charge in [0.1, 0.15) is 13.2 Å². The molecular formula is C49H54FeN2O2P2Si+2. The Hall–Kier alpha value is -2.58. The smallest absolute Gasteiger partial charge is 0.478 e. The van der Waals surface area contributed by atoms with Gasteiger partial charge in [-0.3, -0.25) is 0 Å². The summed E-state index contributed by atoms with van der Waals surface area (Å²) in [6, 6.07) is 43.9. The van der Waals surface area contributed by atoms with Crippen LogP contribution in [0.15, 0.2) is 131 Å². The number of aliphatic imine (C=N–C) groups is 2. The van der Waals surface area contributed by atoms with Crippen LogP contribution in [0.25, 0.3) is 0 Å². The minimum absolute atomic E-state index is 0. The summed E-state index contributed by atoms with van der Waals surface area (Å²) in [5.41, 5.74) is 4.16. The Morgan fingerprint density at radius 2 is 0.930 bits per heavy atom. The van der Waals surface area contributed by atoms with E-state index in [-0.39, 0.29) is 29.2 Å². The third-order valence-corrected chi connectivity index (χ3v) is 17.4. The first-order chi connectivity index (χ1) is 27.1. The van der Waals surface area contributed by atoms with Gasteiger partial charge in [0.25, 0.3) is 0 Å². The van der Waals surface area contributed by atoms with E-state index < -0.39 is 23.9 Å². The van der Waals surface area contributed by atoms with Crippen LogP contribution in [0.2, 0.25) is 19.6 Å². The maximum absolute atomic E-state index is 6.25. The van der Waals surface area contributed by atoms with Crippen LogP contribution < -0.4 is 21.2 Å². The standard InChI is InChI=1S/C26H31NOPSi.C23H23NOP.Fe/c1-19(2)22-18-28-26(27-22)25-23(16-17-24(25)30(3,4)5)29(20-12-8-6-9-13-20)21-14-10-7-11-15-21;1-17(2)21-16-25-23(24-21)20-14-9-15-22(20)26(18-10-5-3-6-11-18)19-12-7-4-8-13-19;/h6-17,19,22H,18H2,1-5H3;3-15,17,21H,16H2,1-2H3;/q;;+2/t22-;21-;/m11./s1. The van der Waals surface area contributed by atoms with Crippen molar-refractivity contribution in [2.24, 2.45) is 21.8 Å². The molecule has 0 unspecified atom stereocenters. The van der Waals surface area contributed by atoms with Crippen molar-refractivity contribution in [1.82, 2.24) is 0 Å². The second kappa shape index (κ2) is 20.1. The Morgan fingerprint density at radius 3 is 1.33 bits per heavy atom. The predicted molar refractivity (Wildman–Crippen MR) is 243 cm³/mol. The van der Waals surface area contributed by atoms with Crippen molar-refractivity contribution < 1.29 is 26.5 Å². The predicted octanol–water partition coefficient (Wildman–Crippen LogP) is 9.86. The van der Waals surface area contributed by atoms with Gasteiger partial charge in [-0.2, -0.15) is 0 Å². The number of benzene rings is 4. The molecule has 2 fully saturated rings. The first kappa shape index (κ1) is 44.0. The molecule has 8 rings (SSSR count). The fraction of sp³-hybridized carbons (Fsp3) is 0.265. The summed E-state index contributed by atoms with van der Waals surface area (Å²) in [6.45, 7) is 17.5. The van der Waals surface area contributed by atoms with Gasteiger partial charge < -0.3 is 9.47 Å². The average Bonchev–Trinajstić information content (AvgIpc) is 4.04. The molecule has 2 atom stereocenters. The van der Waals surface area contributed by atoms with Gasteiger partial charge in [0.2, 0.25) is 0 Å². The molecule has 10 radical (unpaired) electrons. The Morgan fingerprint density at radius 1 is 0.526 bits per heavy atom. The molecule has 0 bridgehead atoms. The van der Waals surface area contributed by atoms with Crippen molar-refractivity contribution in [2.45, 2.75) is 59.4 Å².